The highest BCUT2D eigenvalue weighted by atomic mass is 16.2. The first-order chi connectivity index (χ1) is 9.15. The van der Waals surface area contributed by atoms with E-state index in [1.165, 1.54) is 25.7 Å². The molecule has 5 aliphatic rings. The number of fused-ring (bicyclic) bond motifs is 3. The third kappa shape index (κ3) is 1.04. The second-order valence-corrected chi connectivity index (χ2v) is 7.35. The van der Waals surface area contributed by atoms with E-state index in [9.17, 15) is 9.59 Å². The number of carbonyl (C=O) groups is 2. The van der Waals surface area contributed by atoms with Crippen molar-refractivity contribution < 1.29 is 9.59 Å². The van der Waals surface area contributed by atoms with Crippen molar-refractivity contribution in [1.82, 2.24) is 4.90 Å². The molecule has 1 aliphatic heterocycles. The van der Waals surface area contributed by atoms with Gasteiger partial charge in [0.25, 0.3) is 0 Å². The fourth-order valence-electron chi connectivity index (χ4n) is 5.29. The molecule has 1 spiro atoms. The standard InChI is InChI=1S/C16H19NO2/c1-8(9-2-3-9)17-14(18)12-10-4-5-11(13(12)15(17)19)16(10)6-7-16/h4-5,8-13H,2-3,6-7H2,1H3/t8-,10-,11+,12-,13+/m1/s1. The lowest BCUT2D eigenvalue weighted by atomic mass is 9.85. The molecule has 3 heteroatoms. The average molecular weight is 257 g/mol. The van der Waals surface area contributed by atoms with Crippen LogP contribution in [0.5, 0.6) is 0 Å². The Morgan fingerprint density at radius 1 is 1.11 bits per heavy atom. The molecular formula is C16H19NO2. The SMILES string of the molecule is C[C@H](C1CC1)N1C(=O)[C@@H]2[C@H](C1=O)[C@H]1C=C[C@@H]2C12CC2. The molecule has 3 nitrogen and oxygen atoms in total. The van der Waals surface area contributed by atoms with Gasteiger partial charge in [0.1, 0.15) is 0 Å². The smallest absolute Gasteiger partial charge is 0.233 e. The second-order valence-electron chi connectivity index (χ2n) is 7.35. The Balaban J connectivity index is 1.54. The first-order valence-corrected chi connectivity index (χ1v) is 7.70. The summed E-state index contributed by atoms with van der Waals surface area (Å²) in [5, 5.41) is 0. The largest absolute Gasteiger partial charge is 0.279 e. The summed E-state index contributed by atoms with van der Waals surface area (Å²) in [6, 6.07) is 0.139. The number of hydrogen-bond acceptors (Lipinski definition) is 2. The number of carbonyl (C=O) groups excluding carboxylic acids is 2. The highest BCUT2D eigenvalue weighted by molar-refractivity contribution is 6.07. The van der Waals surface area contributed by atoms with Crippen LogP contribution in [-0.2, 0) is 9.59 Å². The van der Waals surface area contributed by atoms with Gasteiger partial charge >= 0.3 is 0 Å². The summed E-state index contributed by atoms with van der Waals surface area (Å²) in [6.07, 6.45) is 9.30. The van der Waals surface area contributed by atoms with Crippen LogP contribution in [0.15, 0.2) is 12.2 Å². The van der Waals surface area contributed by atoms with Crippen LogP contribution in [0.2, 0.25) is 0 Å². The molecule has 19 heavy (non-hydrogen) atoms. The molecule has 0 aromatic heterocycles. The van der Waals surface area contributed by atoms with E-state index < -0.39 is 0 Å². The molecule has 0 unspecified atom stereocenters. The quantitative estimate of drug-likeness (QED) is 0.560. The van der Waals surface area contributed by atoms with E-state index in [1.807, 2.05) is 0 Å². The Morgan fingerprint density at radius 3 is 2.05 bits per heavy atom. The number of imide groups is 1. The van der Waals surface area contributed by atoms with Crippen LogP contribution >= 0.6 is 0 Å². The van der Waals surface area contributed by atoms with Gasteiger partial charge in [-0.25, -0.2) is 0 Å². The van der Waals surface area contributed by atoms with Crippen LogP contribution < -0.4 is 0 Å². The van der Waals surface area contributed by atoms with Gasteiger partial charge in [-0.1, -0.05) is 12.2 Å². The molecule has 2 bridgehead atoms. The number of allylic oxidation sites excluding steroid dienone is 2. The number of nitrogens with zero attached hydrogens (tertiary/aromatic N) is 1. The fourth-order valence-corrected chi connectivity index (χ4v) is 5.29. The maximum absolute atomic E-state index is 12.7. The van der Waals surface area contributed by atoms with Gasteiger partial charge in [0.15, 0.2) is 0 Å². The minimum absolute atomic E-state index is 0.00815. The lowest BCUT2D eigenvalue weighted by Crippen LogP contribution is -2.42. The molecule has 5 atom stereocenters. The van der Waals surface area contributed by atoms with Crippen molar-refractivity contribution in [3.8, 4) is 0 Å². The molecule has 4 aliphatic carbocycles. The number of rotatable bonds is 2. The van der Waals surface area contributed by atoms with Gasteiger partial charge in [0, 0.05) is 6.04 Å². The minimum atomic E-state index is -0.00815. The van der Waals surface area contributed by atoms with Crippen molar-refractivity contribution in [2.24, 2.45) is 35.0 Å². The van der Waals surface area contributed by atoms with Gasteiger partial charge in [-0.05, 0) is 55.8 Å². The van der Waals surface area contributed by atoms with E-state index in [-0.39, 0.29) is 29.7 Å². The second kappa shape index (κ2) is 2.97. The lowest BCUT2D eigenvalue weighted by Gasteiger charge is -2.26. The molecular weight excluding hydrogens is 238 g/mol. The number of hydrogen-bond donors (Lipinski definition) is 0. The predicted molar refractivity (Wildman–Crippen MR) is 68.8 cm³/mol. The lowest BCUT2D eigenvalue weighted by molar-refractivity contribution is -0.144. The summed E-state index contributed by atoms with van der Waals surface area (Å²) < 4.78 is 0. The molecule has 100 valence electrons. The van der Waals surface area contributed by atoms with Crippen molar-refractivity contribution in [3.05, 3.63) is 12.2 Å². The zero-order valence-corrected chi connectivity index (χ0v) is 11.2. The Labute approximate surface area is 113 Å². The molecule has 0 radical (unpaired) electrons. The molecule has 0 N–H and O–H groups in total. The maximum atomic E-state index is 12.7. The Bertz CT molecular complexity index is 495. The van der Waals surface area contributed by atoms with E-state index in [0.29, 0.717) is 23.2 Å². The van der Waals surface area contributed by atoms with Crippen molar-refractivity contribution >= 4 is 11.8 Å². The third-order valence-electron chi connectivity index (χ3n) is 6.60. The zero-order chi connectivity index (χ0) is 12.9. The monoisotopic (exact) mass is 257 g/mol. The van der Waals surface area contributed by atoms with E-state index in [0.717, 1.165) is 0 Å². The summed E-state index contributed by atoms with van der Waals surface area (Å²) in [7, 11) is 0. The molecule has 1 saturated heterocycles. The first-order valence-electron chi connectivity index (χ1n) is 7.70. The number of likely N-dealkylation sites (tertiary alicyclic amines) is 1. The van der Waals surface area contributed by atoms with Gasteiger partial charge in [0.05, 0.1) is 11.8 Å². The van der Waals surface area contributed by atoms with Gasteiger partial charge in [-0.15, -0.1) is 0 Å². The van der Waals surface area contributed by atoms with Crippen LogP contribution in [0.1, 0.15) is 32.6 Å². The third-order valence-corrected chi connectivity index (χ3v) is 6.60. The van der Waals surface area contributed by atoms with Gasteiger partial charge < -0.3 is 0 Å². The average Bonchev–Trinajstić information content (AvgIpc) is 3.27. The zero-order valence-electron chi connectivity index (χ0n) is 11.2. The van der Waals surface area contributed by atoms with Gasteiger partial charge in [-0.3, -0.25) is 14.5 Å². The van der Waals surface area contributed by atoms with Crippen molar-refractivity contribution in [1.29, 1.82) is 0 Å². The summed E-state index contributed by atoms with van der Waals surface area (Å²) in [5.41, 5.74) is 0.329. The van der Waals surface area contributed by atoms with Crippen LogP contribution in [0.3, 0.4) is 0 Å². The Kier molecular flexibility index (Phi) is 1.66. The predicted octanol–water partition coefficient (Wildman–Crippen LogP) is 1.98. The van der Waals surface area contributed by atoms with Crippen molar-refractivity contribution in [2.45, 2.75) is 38.6 Å². The maximum Gasteiger partial charge on any atom is 0.233 e. The Morgan fingerprint density at radius 2 is 1.63 bits per heavy atom. The molecule has 0 aromatic carbocycles. The molecule has 2 amide bonds. The van der Waals surface area contributed by atoms with Crippen LogP contribution in [0.4, 0.5) is 0 Å². The normalized spacial score (nSPS) is 46.3. The summed E-state index contributed by atoms with van der Waals surface area (Å²) >= 11 is 0. The van der Waals surface area contributed by atoms with E-state index in [2.05, 4.69) is 19.1 Å². The highest BCUT2D eigenvalue weighted by Crippen LogP contribution is 2.73. The molecule has 4 fully saturated rings. The molecule has 5 rings (SSSR count). The molecule has 0 aromatic rings. The summed E-state index contributed by atoms with van der Waals surface area (Å²) in [6.45, 7) is 2.07. The van der Waals surface area contributed by atoms with Crippen LogP contribution in [-0.4, -0.2) is 22.8 Å². The summed E-state index contributed by atoms with van der Waals surface area (Å²) in [5.74, 6) is 1.60. The highest BCUT2D eigenvalue weighted by Gasteiger charge is 2.73. The topological polar surface area (TPSA) is 37.4 Å². The summed E-state index contributed by atoms with van der Waals surface area (Å²) in [4.78, 5) is 27.1. The fraction of sp³-hybridized carbons (Fsp3) is 0.750. The van der Waals surface area contributed by atoms with Gasteiger partial charge in [0.2, 0.25) is 11.8 Å². The van der Waals surface area contributed by atoms with Crippen LogP contribution in [0, 0.1) is 35.0 Å². The van der Waals surface area contributed by atoms with Gasteiger partial charge in [-0.2, -0.15) is 0 Å². The first kappa shape index (κ1) is 10.6. The van der Waals surface area contributed by atoms with Crippen molar-refractivity contribution in [3.63, 3.8) is 0 Å². The van der Waals surface area contributed by atoms with E-state index >= 15 is 0 Å². The molecule has 1 heterocycles. The molecule has 3 saturated carbocycles. The van der Waals surface area contributed by atoms with E-state index in [1.54, 1.807) is 4.90 Å². The number of amides is 2. The van der Waals surface area contributed by atoms with Crippen molar-refractivity contribution in [2.75, 3.05) is 0 Å². The van der Waals surface area contributed by atoms with E-state index in [4.69, 9.17) is 0 Å². The Hall–Kier alpha value is -1.12. The minimum Gasteiger partial charge on any atom is -0.279 e. The van der Waals surface area contributed by atoms with Crippen LogP contribution in [0.25, 0.3) is 0 Å².